The minimum atomic E-state index is -0.735. The van der Waals surface area contributed by atoms with E-state index in [0.717, 1.165) is 11.1 Å². The third-order valence-electron chi connectivity index (χ3n) is 5.93. The quantitative estimate of drug-likeness (QED) is 0.577. The first kappa shape index (κ1) is 22.8. The summed E-state index contributed by atoms with van der Waals surface area (Å²) < 4.78 is 8.88. The Morgan fingerprint density at radius 2 is 2.06 bits per heavy atom. The van der Waals surface area contributed by atoms with Crippen LogP contribution in [0.15, 0.2) is 53.8 Å². The second-order valence-corrected chi connectivity index (χ2v) is 8.28. The van der Waals surface area contributed by atoms with Crippen molar-refractivity contribution in [3.05, 3.63) is 76.2 Å². The Morgan fingerprint density at radius 3 is 2.82 bits per heavy atom. The lowest BCUT2D eigenvalue weighted by molar-refractivity contribution is -0.139. The molecule has 3 atom stereocenters. The number of carbonyl (C=O) groups excluding carboxylic acids is 1. The molecule has 2 aromatic heterocycles. The number of benzene rings is 1. The van der Waals surface area contributed by atoms with Crippen LogP contribution in [0.2, 0.25) is 0 Å². The summed E-state index contributed by atoms with van der Waals surface area (Å²) in [5.74, 6) is -0.0605. The zero-order chi connectivity index (χ0) is 23.4. The van der Waals surface area contributed by atoms with Crippen molar-refractivity contribution in [2.75, 3.05) is 19.7 Å². The Hall–Kier alpha value is -3.37. The van der Waals surface area contributed by atoms with E-state index in [1.54, 1.807) is 15.8 Å². The Morgan fingerprint density at radius 1 is 1.27 bits per heavy atom. The molecule has 3 aromatic rings. The molecule has 1 amide bonds. The number of hydrogen-bond donors (Lipinski definition) is 1. The molecule has 3 heterocycles. The van der Waals surface area contributed by atoms with Crippen LogP contribution in [0.3, 0.4) is 0 Å². The van der Waals surface area contributed by atoms with Gasteiger partial charge in [0.1, 0.15) is 17.9 Å². The van der Waals surface area contributed by atoms with E-state index in [9.17, 15) is 14.7 Å². The minimum Gasteiger partial charge on any atom is -0.386 e. The third-order valence-corrected chi connectivity index (χ3v) is 5.93. The van der Waals surface area contributed by atoms with Gasteiger partial charge >= 0.3 is 0 Å². The van der Waals surface area contributed by atoms with Gasteiger partial charge in [0, 0.05) is 31.8 Å². The van der Waals surface area contributed by atoms with Crippen LogP contribution in [-0.2, 0) is 16.1 Å². The number of aliphatic hydroxyl groups is 1. The molecule has 1 aromatic carbocycles. The summed E-state index contributed by atoms with van der Waals surface area (Å²) in [6, 6.07) is 8.78. The molecule has 0 aliphatic carbocycles. The number of aliphatic hydroxyl groups excluding tert-OH is 1. The molecule has 1 aliphatic heterocycles. The third kappa shape index (κ3) is 5.35. The van der Waals surface area contributed by atoms with Crippen LogP contribution >= 0.6 is 0 Å². The minimum absolute atomic E-state index is 0.0605. The van der Waals surface area contributed by atoms with Crippen LogP contribution in [-0.4, -0.2) is 60.2 Å². The van der Waals surface area contributed by atoms with E-state index in [4.69, 9.17) is 4.74 Å². The maximum atomic E-state index is 12.7. The first-order chi connectivity index (χ1) is 15.9. The molecule has 10 nitrogen and oxygen atoms in total. The second-order valence-electron chi connectivity index (χ2n) is 8.28. The zero-order valence-corrected chi connectivity index (χ0v) is 18.7. The standard InChI is InChI=1S/C23H28N6O4/c1-16-3-5-18(6-4-16)23(32)17(2)29-13-19(25-26-29)20-14-27(11-12-33-20)22(31)8-10-28-15-24-9-7-21(28)30/h3-7,9,13,15,17,20,23,32H,8,10-12,14H2,1-2H3. The average molecular weight is 453 g/mol. The summed E-state index contributed by atoms with van der Waals surface area (Å²) in [6.07, 6.45) is 3.69. The molecule has 0 spiro atoms. The summed E-state index contributed by atoms with van der Waals surface area (Å²) in [5.41, 5.74) is 2.36. The van der Waals surface area contributed by atoms with Crippen molar-refractivity contribution in [3.8, 4) is 0 Å². The molecule has 0 bridgehead atoms. The van der Waals surface area contributed by atoms with E-state index < -0.39 is 12.2 Å². The lowest BCUT2D eigenvalue weighted by Crippen LogP contribution is -2.42. The van der Waals surface area contributed by atoms with Gasteiger partial charge in [-0.05, 0) is 19.4 Å². The summed E-state index contributed by atoms with van der Waals surface area (Å²) in [5, 5.41) is 19.2. The molecule has 3 unspecified atom stereocenters. The van der Waals surface area contributed by atoms with E-state index in [1.165, 1.54) is 23.2 Å². The molecular weight excluding hydrogens is 424 g/mol. The van der Waals surface area contributed by atoms with E-state index >= 15 is 0 Å². The van der Waals surface area contributed by atoms with Crippen molar-refractivity contribution >= 4 is 5.91 Å². The van der Waals surface area contributed by atoms with Gasteiger partial charge in [-0.1, -0.05) is 35.0 Å². The Bertz CT molecular complexity index is 1140. The van der Waals surface area contributed by atoms with Crippen molar-refractivity contribution in [3.63, 3.8) is 0 Å². The molecule has 1 aliphatic rings. The zero-order valence-electron chi connectivity index (χ0n) is 18.7. The normalized spacial score (nSPS) is 18.2. The number of ether oxygens (including phenoxy) is 1. The van der Waals surface area contributed by atoms with Crippen molar-refractivity contribution in [2.45, 2.75) is 45.1 Å². The number of aromatic nitrogens is 5. The molecular formula is C23H28N6O4. The SMILES string of the molecule is Cc1ccc(C(O)C(C)n2cc(C3CN(C(=O)CCn4cnccc4=O)CCO3)nn2)cc1. The molecule has 174 valence electrons. The molecule has 4 rings (SSSR count). The van der Waals surface area contributed by atoms with E-state index in [0.29, 0.717) is 25.4 Å². The van der Waals surface area contributed by atoms with Gasteiger partial charge in [0.25, 0.3) is 5.56 Å². The van der Waals surface area contributed by atoms with Crippen LogP contribution in [0, 0.1) is 6.92 Å². The van der Waals surface area contributed by atoms with Crippen molar-refractivity contribution in [1.82, 2.24) is 29.4 Å². The van der Waals surface area contributed by atoms with Crippen molar-refractivity contribution < 1.29 is 14.6 Å². The number of amides is 1. The fourth-order valence-electron chi connectivity index (χ4n) is 3.80. The average Bonchev–Trinajstić information content (AvgIpc) is 3.33. The Kier molecular flexibility index (Phi) is 6.95. The molecule has 33 heavy (non-hydrogen) atoms. The largest absolute Gasteiger partial charge is 0.386 e. The van der Waals surface area contributed by atoms with E-state index in [1.807, 2.05) is 38.1 Å². The van der Waals surface area contributed by atoms with Gasteiger partial charge in [-0.25, -0.2) is 9.67 Å². The lowest BCUT2D eigenvalue weighted by atomic mass is 10.0. The van der Waals surface area contributed by atoms with Crippen LogP contribution in [0.25, 0.3) is 0 Å². The van der Waals surface area contributed by atoms with Crippen molar-refractivity contribution in [1.29, 1.82) is 0 Å². The smallest absolute Gasteiger partial charge is 0.253 e. The fraction of sp³-hybridized carbons (Fsp3) is 0.435. The topological polar surface area (TPSA) is 115 Å². The van der Waals surface area contributed by atoms with Gasteiger partial charge in [-0.3, -0.25) is 14.2 Å². The number of carbonyl (C=O) groups is 1. The summed E-state index contributed by atoms with van der Waals surface area (Å²) in [6.45, 7) is 5.37. The highest BCUT2D eigenvalue weighted by Crippen LogP contribution is 2.27. The van der Waals surface area contributed by atoms with E-state index in [2.05, 4.69) is 15.3 Å². The number of hydrogen-bond acceptors (Lipinski definition) is 7. The lowest BCUT2D eigenvalue weighted by Gasteiger charge is -2.32. The Labute approximate surface area is 191 Å². The van der Waals surface area contributed by atoms with Crippen LogP contribution in [0.5, 0.6) is 0 Å². The summed E-state index contributed by atoms with van der Waals surface area (Å²) in [7, 11) is 0. The molecule has 1 fully saturated rings. The number of morpholine rings is 1. The van der Waals surface area contributed by atoms with Gasteiger partial charge in [0.2, 0.25) is 5.91 Å². The van der Waals surface area contributed by atoms with Gasteiger partial charge in [0.05, 0.1) is 31.7 Å². The molecule has 0 saturated carbocycles. The predicted octanol–water partition coefficient (Wildman–Crippen LogP) is 1.43. The molecule has 1 N–H and O–H groups in total. The Balaban J connectivity index is 1.37. The van der Waals surface area contributed by atoms with Crippen molar-refractivity contribution in [2.24, 2.45) is 0 Å². The highest BCUT2D eigenvalue weighted by atomic mass is 16.5. The molecule has 0 radical (unpaired) electrons. The van der Waals surface area contributed by atoms with Crippen LogP contribution in [0.4, 0.5) is 0 Å². The van der Waals surface area contributed by atoms with Crippen LogP contribution < -0.4 is 5.56 Å². The van der Waals surface area contributed by atoms with E-state index in [-0.39, 0.29) is 30.5 Å². The predicted molar refractivity (Wildman–Crippen MR) is 119 cm³/mol. The highest BCUT2D eigenvalue weighted by molar-refractivity contribution is 5.76. The van der Waals surface area contributed by atoms with Gasteiger partial charge in [0.15, 0.2) is 0 Å². The number of nitrogens with zero attached hydrogens (tertiary/aromatic N) is 6. The van der Waals surface area contributed by atoms with Gasteiger partial charge in [-0.2, -0.15) is 0 Å². The first-order valence-corrected chi connectivity index (χ1v) is 11.0. The fourth-order valence-corrected chi connectivity index (χ4v) is 3.80. The maximum Gasteiger partial charge on any atom is 0.253 e. The maximum absolute atomic E-state index is 12.7. The summed E-state index contributed by atoms with van der Waals surface area (Å²) in [4.78, 5) is 30.1. The van der Waals surface area contributed by atoms with Gasteiger partial charge in [-0.15, -0.1) is 5.10 Å². The second kappa shape index (κ2) is 10.1. The van der Waals surface area contributed by atoms with Gasteiger partial charge < -0.3 is 14.7 Å². The van der Waals surface area contributed by atoms with Crippen LogP contribution in [0.1, 0.15) is 48.4 Å². The number of rotatable bonds is 7. The summed E-state index contributed by atoms with van der Waals surface area (Å²) >= 11 is 0. The monoisotopic (exact) mass is 452 g/mol. The highest BCUT2D eigenvalue weighted by Gasteiger charge is 2.28. The first-order valence-electron chi connectivity index (χ1n) is 11.0. The molecule has 1 saturated heterocycles. The molecule has 10 heteroatoms. The number of aryl methyl sites for hydroxylation is 2.